The number of carbonyl (C=O) groups is 1. The molecule has 0 aliphatic carbocycles. The zero-order valence-corrected chi connectivity index (χ0v) is 16.6. The number of rotatable bonds is 7. The lowest BCUT2D eigenvalue weighted by atomic mass is 9.93. The van der Waals surface area contributed by atoms with Crippen LogP contribution in [0.3, 0.4) is 0 Å². The molecule has 2 aromatic heterocycles. The van der Waals surface area contributed by atoms with Crippen molar-refractivity contribution in [3.63, 3.8) is 0 Å². The highest BCUT2D eigenvalue weighted by Gasteiger charge is 2.33. The number of carbonyl (C=O) groups excluding carboxylic acids is 1. The van der Waals surface area contributed by atoms with E-state index >= 15 is 0 Å². The molecule has 0 aromatic carbocycles. The van der Waals surface area contributed by atoms with Crippen LogP contribution in [0.2, 0.25) is 5.15 Å². The first-order valence-electron chi connectivity index (χ1n) is 8.96. The highest BCUT2D eigenvalue weighted by Crippen LogP contribution is 2.33. The van der Waals surface area contributed by atoms with Crippen molar-refractivity contribution in [2.24, 2.45) is 5.73 Å². The Labute approximate surface area is 163 Å². The van der Waals surface area contributed by atoms with E-state index in [0.29, 0.717) is 37.2 Å². The Morgan fingerprint density at radius 3 is 2.74 bits per heavy atom. The highest BCUT2D eigenvalue weighted by molar-refractivity contribution is 6.30. The average Bonchev–Trinajstić information content (AvgIpc) is 2.56. The van der Waals surface area contributed by atoms with Crippen molar-refractivity contribution < 1.29 is 14.3 Å². The maximum atomic E-state index is 12.1. The maximum Gasteiger partial charge on any atom is 0.223 e. The molecule has 27 heavy (non-hydrogen) atoms. The smallest absolute Gasteiger partial charge is 0.223 e. The second kappa shape index (κ2) is 7.96. The van der Waals surface area contributed by atoms with E-state index in [9.17, 15) is 4.79 Å². The minimum absolute atomic E-state index is 0.0838. The molecule has 0 saturated carbocycles. The third-order valence-electron chi connectivity index (χ3n) is 4.61. The number of nitrogens with zero attached hydrogens (tertiary/aromatic N) is 3. The van der Waals surface area contributed by atoms with Crippen LogP contribution in [0.15, 0.2) is 18.5 Å². The SMILES string of the molecule is COCCCC(=O)N1CC(Oc2ncc(C(C)(C)N)c3cc(Cl)ncc23)C1. The number of likely N-dealkylation sites (tertiary alicyclic amines) is 1. The summed E-state index contributed by atoms with van der Waals surface area (Å²) in [5.74, 6) is 0.608. The predicted octanol–water partition coefficient (Wildman–Crippen LogP) is 2.49. The molecule has 3 heterocycles. The number of aromatic nitrogens is 2. The molecular formula is C19H25ClN4O3. The van der Waals surface area contributed by atoms with E-state index in [1.54, 1.807) is 30.5 Å². The molecule has 2 aromatic rings. The normalized spacial score (nSPS) is 15.1. The van der Waals surface area contributed by atoms with Gasteiger partial charge in [0.2, 0.25) is 11.8 Å². The second-order valence-corrected chi connectivity index (χ2v) is 7.77. The number of hydrogen-bond donors (Lipinski definition) is 1. The Morgan fingerprint density at radius 2 is 2.07 bits per heavy atom. The average molecular weight is 393 g/mol. The highest BCUT2D eigenvalue weighted by atomic mass is 35.5. The molecule has 2 N–H and O–H groups in total. The topological polar surface area (TPSA) is 90.6 Å². The standard InChI is InChI=1S/C19H25ClN4O3/c1-19(2,21)15-9-23-18(14-8-22-16(20)7-13(14)15)27-12-10-24(11-12)17(25)5-4-6-26-3/h7-9,12H,4-6,10-11,21H2,1-3H3. The molecule has 0 bridgehead atoms. The fraction of sp³-hybridized carbons (Fsp3) is 0.526. The fourth-order valence-corrected chi connectivity index (χ4v) is 3.25. The van der Waals surface area contributed by atoms with Gasteiger partial charge in [0.1, 0.15) is 11.3 Å². The van der Waals surface area contributed by atoms with E-state index in [0.717, 1.165) is 22.8 Å². The monoisotopic (exact) mass is 392 g/mol. The van der Waals surface area contributed by atoms with Gasteiger partial charge in [-0.3, -0.25) is 4.79 Å². The summed E-state index contributed by atoms with van der Waals surface area (Å²) < 4.78 is 11.0. The minimum atomic E-state index is -0.573. The van der Waals surface area contributed by atoms with Crippen LogP contribution in [0, 0.1) is 0 Å². The summed E-state index contributed by atoms with van der Waals surface area (Å²) in [5.41, 5.74) is 6.57. The molecule has 0 spiro atoms. The van der Waals surface area contributed by atoms with Gasteiger partial charge in [0, 0.05) is 38.1 Å². The number of halogens is 1. The fourth-order valence-electron chi connectivity index (χ4n) is 3.09. The van der Waals surface area contributed by atoms with Crippen LogP contribution in [0.1, 0.15) is 32.3 Å². The van der Waals surface area contributed by atoms with Gasteiger partial charge >= 0.3 is 0 Å². The van der Waals surface area contributed by atoms with Crippen molar-refractivity contribution in [2.45, 2.75) is 38.3 Å². The Morgan fingerprint density at radius 1 is 1.33 bits per heavy atom. The van der Waals surface area contributed by atoms with Gasteiger partial charge in [0.05, 0.1) is 18.5 Å². The molecule has 0 atom stereocenters. The number of nitrogens with two attached hydrogens (primary N) is 1. The van der Waals surface area contributed by atoms with Gasteiger partial charge < -0.3 is 20.1 Å². The Balaban J connectivity index is 1.71. The third-order valence-corrected chi connectivity index (χ3v) is 4.82. The number of methoxy groups -OCH3 is 1. The maximum absolute atomic E-state index is 12.1. The van der Waals surface area contributed by atoms with Crippen LogP contribution in [0.25, 0.3) is 10.8 Å². The van der Waals surface area contributed by atoms with Crippen molar-refractivity contribution >= 4 is 28.3 Å². The van der Waals surface area contributed by atoms with E-state index in [2.05, 4.69) is 9.97 Å². The van der Waals surface area contributed by atoms with E-state index in [-0.39, 0.29) is 12.0 Å². The first-order chi connectivity index (χ1) is 12.8. The molecule has 7 nitrogen and oxygen atoms in total. The lowest BCUT2D eigenvalue weighted by molar-refractivity contribution is -0.140. The van der Waals surface area contributed by atoms with Gasteiger partial charge in [0.25, 0.3) is 0 Å². The number of hydrogen-bond acceptors (Lipinski definition) is 6. The minimum Gasteiger partial charge on any atom is -0.470 e. The van der Waals surface area contributed by atoms with Crippen molar-refractivity contribution in [1.82, 2.24) is 14.9 Å². The molecule has 1 fully saturated rings. The summed E-state index contributed by atoms with van der Waals surface area (Å²) in [6, 6.07) is 1.78. The molecular weight excluding hydrogens is 368 g/mol. The molecule has 146 valence electrons. The zero-order chi connectivity index (χ0) is 19.6. The van der Waals surface area contributed by atoms with Crippen LogP contribution in [0.5, 0.6) is 5.88 Å². The first kappa shape index (κ1) is 19.8. The molecule has 1 aliphatic rings. The van der Waals surface area contributed by atoms with Crippen LogP contribution >= 0.6 is 11.6 Å². The zero-order valence-electron chi connectivity index (χ0n) is 15.9. The Kier molecular flexibility index (Phi) is 5.83. The number of ether oxygens (including phenoxy) is 2. The summed E-state index contributed by atoms with van der Waals surface area (Å²) in [6.07, 6.45) is 4.51. The van der Waals surface area contributed by atoms with Crippen LogP contribution < -0.4 is 10.5 Å². The summed E-state index contributed by atoms with van der Waals surface area (Å²) in [7, 11) is 1.63. The largest absolute Gasteiger partial charge is 0.470 e. The van der Waals surface area contributed by atoms with Gasteiger partial charge in [-0.1, -0.05) is 11.6 Å². The van der Waals surface area contributed by atoms with Gasteiger partial charge in [0.15, 0.2) is 0 Å². The molecule has 1 amide bonds. The number of amides is 1. The molecule has 3 rings (SSSR count). The van der Waals surface area contributed by atoms with Crippen molar-refractivity contribution in [1.29, 1.82) is 0 Å². The number of fused-ring (bicyclic) bond motifs is 1. The van der Waals surface area contributed by atoms with Gasteiger partial charge in [-0.25, -0.2) is 9.97 Å². The predicted molar refractivity (Wildman–Crippen MR) is 104 cm³/mol. The van der Waals surface area contributed by atoms with Crippen LogP contribution in [0.4, 0.5) is 0 Å². The molecule has 1 aliphatic heterocycles. The van der Waals surface area contributed by atoms with Gasteiger partial charge in [-0.2, -0.15) is 0 Å². The molecule has 0 unspecified atom stereocenters. The number of pyridine rings is 2. The van der Waals surface area contributed by atoms with Gasteiger partial charge in [-0.15, -0.1) is 0 Å². The van der Waals surface area contributed by atoms with E-state index in [1.807, 2.05) is 13.8 Å². The lowest BCUT2D eigenvalue weighted by Gasteiger charge is -2.39. The van der Waals surface area contributed by atoms with Crippen LogP contribution in [-0.2, 0) is 15.1 Å². The summed E-state index contributed by atoms with van der Waals surface area (Å²) in [5, 5.41) is 2.03. The lowest BCUT2D eigenvalue weighted by Crippen LogP contribution is -2.56. The van der Waals surface area contributed by atoms with Crippen molar-refractivity contribution in [3.05, 3.63) is 29.2 Å². The van der Waals surface area contributed by atoms with E-state index in [4.69, 9.17) is 26.8 Å². The second-order valence-electron chi connectivity index (χ2n) is 7.39. The summed E-state index contributed by atoms with van der Waals surface area (Å²) >= 11 is 6.08. The molecule has 8 heteroatoms. The molecule has 0 radical (unpaired) electrons. The molecule has 1 saturated heterocycles. The van der Waals surface area contributed by atoms with Gasteiger partial charge in [-0.05, 0) is 37.3 Å². The van der Waals surface area contributed by atoms with E-state index < -0.39 is 5.54 Å². The summed E-state index contributed by atoms with van der Waals surface area (Å²) in [4.78, 5) is 22.5. The Hall–Kier alpha value is -1.96. The Bertz CT molecular complexity index is 832. The quantitative estimate of drug-likeness (QED) is 0.575. The van der Waals surface area contributed by atoms with Crippen molar-refractivity contribution in [3.8, 4) is 5.88 Å². The first-order valence-corrected chi connectivity index (χ1v) is 9.34. The van der Waals surface area contributed by atoms with Crippen molar-refractivity contribution in [2.75, 3.05) is 26.8 Å². The third kappa shape index (κ3) is 4.48. The van der Waals surface area contributed by atoms with E-state index in [1.165, 1.54) is 0 Å². The van der Waals surface area contributed by atoms with Crippen LogP contribution in [-0.4, -0.2) is 53.7 Å². The summed E-state index contributed by atoms with van der Waals surface area (Å²) in [6.45, 7) is 5.53.